The van der Waals surface area contributed by atoms with Gasteiger partial charge in [0.2, 0.25) is 0 Å². The van der Waals surface area contributed by atoms with Crippen LogP contribution in [0.3, 0.4) is 0 Å². The van der Waals surface area contributed by atoms with Crippen LogP contribution in [0.15, 0.2) is 12.1 Å². The van der Waals surface area contributed by atoms with E-state index >= 15 is 0 Å². The number of thiophene rings is 1. The summed E-state index contributed by atoms with van der Waals surface area (Å²) in [5.41, 5.74) is 0. The van der Waals surface area contributed by atoms with E-state index in [2.05, 4.69) is 25.2 Å². The second-order valence-electron chi connectivity index (χ2n) is 5.61. The molecular formula is C15H24ClNS. The van der Waals surface area contributed by atoms with Crippen LogP contribution >= 0.6 is 22.9 Å². The highest BCUT2D eigenvalue weighted by Gasteiger charge is 2.26. The summed E-state index contributed by atoms with van der Waals surface area (Å²) in [7, 11) is 0. The molecule has 1 nitrogen and oxygen atoms in total. The van der Waals surface area contributed by atoms with E-state index in [-0.39, 0.29) is 0 Å². The quantitative estimate of drug-likeness (QED) is 0.823. The Kier molecular flexibility index (Phi) is 5.53. The smallest absolute Gasteiger partial charge is 0.0931 e. The predicted molar refractivity (Wildman–Crippen MR) is 81.6 cm³/mol. The maximum absolute atomic E-state index is 6.03. The van der Waals surface area contributed by atoms with Crippen LogP contribution in [-0.4, -0.2) is 12.6 Å². The molecule has 1 aromatic rings. The lowest BCUT2D eigenvalue weighted by atomic mass is 9.77. The Bertz CT molecular complexity index is 363. The molecule has 1 aliphatic carbocycles. The second-order valence-corrected chi connectivity index (χ2v) is 7.41. The van der Waals surface area contributed by atoms with E-state index in [9.17, 15) is 0 Å². The van der Waals surface area contributed by atoms with Gasteiger partial charge in [0.05, 0.1) is 4.34 Å². The Morgan fingerprint density at radius 2 is 2.28 bits per heavy atom. The highest BCUT2D eigenvalue weighted by atomic mass is 35.5. The molecule has 3 heteroatoms. The molecule has 3 atom stereocenters. The van der Waals surface area contributed by atoms with Crippen molar-refractivity contribution in [2.75, 3.05) is 6.54 Å². The van der Waals surface area contributed by atoms with Gasteiger partial charge in [-0.05, 0) is 49.8 Å². The summed E-state index contributed by atoms with van der Waals surface area (Å²) in [4.78, 5) is 1.42. The minimum absolute atomic E-state index is 0.632. The summed E-state index contributed by atoms with van der Waals surface area (Å²) < 4.78 is 0.914. The van der Waals surface area contributed by atoms with Gasteiger partial charge in [0.15, 0.2) is 0 Å². The molecular weight excluding hydrogens is 262 g/mol. The van der Waals surface area contributed by atoms with Gasteiger partial charge in [-0.3, -0.25) is 0 Å². The molecule has 1 aliphatic rings. The van der Waals surface area contributed by atoms with Crippen molar-refractivity contribution in [2.24, 2.45) is 11.8 Å². The molecule has 1 fully saturated rings. The van der Waals surface area contributed by atoms with Gasteiger partial charge in [0.1, 0.15) is 0 Å². The van der Waals surface area contributed by atoms with E-state index in [1.54, 1.807) is 11.3 Å². The first-order valence-corrected chi connectivity index (χ1v) is 8.36. The van der Waals surface area contributed by atoms with E-state index < -0.39 is 0 Å². The number of hydrogen-bond acceptors (Lipinski definition) is 2. The van der Waals surface area contributed by atoms with Gasteiger partial charge in [-0.2, -0.15) is 0 Å². The van der Waals surface area contributed by atoms with Crippen LogP contribution < -0.4 is 5.32 Å². The minimum Gasteiger partial charge on any atom is -0.314 e. The largest absolute Gasteiger partial charge is 0.314 e. The van der Waals surface area contributed by atoms with E-state index in [4.69, 9.17) is 11.6 Å². The van der Waals surface area contributed by atoms with Gasteiger partial charge in [-0.15, -0.1) is 11.3 Å². The third-order valence-electron chi connectivity index (χ3n) is 4.06. The van der Waals surface area contributed by atoms with Crippen molar-refractivity contribution in [1.29, 1.82) is 0 Å². The van der Waals surface area contributed by atoms with Crippen LogP contribution in [0.25, 0.3) is 0 Å². The van der Waals surface area contributed by atoms with Crippen molar-refractivity contribution < 1.29 is 0 Å². The average molecular weight is 286 g/mol. The third-order valence-corrected chi connectivity index (χ3v) is 5.32. The van der Waals surface area contributed by atoms with Gasteiger partial charge in [0.25, 0.3) is 0 Å². The van der Waals surface area contributed by atoms with Crippen LogP contribution in [-0.2, 0) is 6.42 Å². The third kappa shape index (κ3) is 3.97. The Balaban J connectivity index is 1.98. The van der Waals surface area contributed by atoms with Gasteiger partial charge in [-0.25, -0.2) is 0 Å². The van der Waals surface area contributed by atoms with Crippen LogP contribution in [0, 0.1) is 11.8 Å². The molecule has 0 aromatic carbocycles. The molecule has 1 saturated carbocycles. The highest BCUT2D eigenvalue weighted by Crippen LogP contribution is 2.33. The average Bonchev–Trinajstić information content (AvgIpc) is 2.74. The van der Waals surface area contributed by atoms with E-state index in [0.717, 1.165) is 29.1 Å². The van der Waals surface area contributed by atoms with Crippen LogP contribution in [0.1, 0.15) is 44.4 Å². The van der Waals surface area contributed by atoms with Crippen LogP contribution in [0.4, 0.5) is 0 Å². The Hall–Kier alpha value is -0.0500. The summed E-state index contributed by atoms with van der Waals surface area (Å²) in [5.74, 6) is 1.74. The second kappa shape index (κ2) is 6.93. The van der Waals surface area contributed by atoms with Gasteiger partial charge < -0.3 is 5.32 Å². The standard InChI is InChI=1S/C15H24ClNS/c1-3-17-14(10-13-7-8-15(16)18-13)12-6-4-5-11(2)9-12/h7-8,11-12,14,17H,3-6,9-10H2,1-2H3. The molecule has 0 radical (unpaired) electrons. The van der Waals surface area contributed by atoms with Crippen molar-refractivity contribution in [3.8, 4) is 0 Å². The Morgan fingerprint density at radius 3 is 2.89 bits per heavy atom. The number of halogens is 1. The maximum Gasteiger partial charge on any atom is 0.0931 e. The van der Waals surface area contributed by atoms with Crippen molar-refractivity contribution in [3.05, 3.63) is 21.3 Å². The Morgan fingerprint density at radius 1 is 1.44 bits per heavy atom. The molecule has 0 spiro atoms. The van der Waals surface area contributed by atoms with Gasteiger partial charge in [0, 0.05) is 10.9 Å². The number of nitrogens with one attached hydrogen (secondary N) is 1. The number of likely N-dealkylation sites (N-methyl/N-ethyl adjacent to an activating group) is 1. The molecule has 1 N–H and O–H groups in total. The topological polar surface area (TPSA) is 12.0 Å². The summed E-state index contributed by atoms with van der Waals surface area (Å²) in [6.45, 7) is 5.67. The number of rotatable bonds is 5. The molecule has 3 unspecified atom stereocenters. The van der Waals surface area contributed by atoms with E-state index in [1.165, 1.54) is 30.6 Å². The van der Waals surface area contributed by atoms with Crippen LogP contribution in [0.2, 0.25) is 4.34 Å². The zero-order chi connectivity index (χ0) is 13.0. The van der Waals surface area contributed by atoms with Crippen molar-refractivity contribution in [1.82, 2.24) is 5.32 Å². The van der Waals surface area contributed by atoms with Crippen molar-refractivity contribution in [3.63, 3.8) is 0 Å². The van der Waals surface area contributed by atoms with E-state index in [0.29, 0.717) is 6.04 Å². The van der Waals surface area contributed by atoms with Gasteiger partial charge >= 0.3 is 0 Å². The first-order valence-electron chi connectivity index (χ1n) is 7.16. The van der Waals surface area contributed by atoms with Crippen molar-refractivity contribution in [2.45, 2.75) is 52.0 Å². The molecule has 0 saturated heterocycles. The molecule has 18 heavy (non-hydrogen) atoms. The zero-order valence-corrected chi connectivity index (χ0v) is 13.0. The number of hydrogen-bond donors (Lipinski definition) is 1. The maximum atomic E-state index is 6.03. The lowest BCUT2D eigenvalue weighted by molar-refractivity contribution is 0.223. The molecule has 0 aliphatic heterocycles. The minimum atomic E-state index is 0.632. The summed E-state index contributed by atoms with van der Waals surface area (Å²) in [6, 6.07) is 4.84. The highest BCUT2D eigenvalue weighted by molar-refractivity contribution is 7.16. The zero-order valence-electron chi connectivity index (χ0n) is 11.4. The van der Waals surface area contributed by atoms with E-state index in [1.807, 2.05) is 6.07 Å². The normalized spacial score (nSPS) is 26.2. The van der Waals surface area contributed by atoms with Crippen molar-refractivity contribution >= 4 is 22.9 Å². The fourth-order valence-electron chi connectivity index (χ4n) is 3.19. The summed E-state index contributed by atoms with van der Waals surface area (Å²) in [6.07, 6.45) is 6.74. The molecule has 0 amide bonds. The van der Waals surface area contributed by atoms with Crippen LogP contribution in [0.5, 0.6) is 0 Å². The first kappa shape index (κ1) is 14.4. The molecule has 0 bridgehead atoms. The molecule has 2 rings (SSSR count). The molecule has 102 valence electrons. The lowest BCUT2D eigenvalue weighted by Gasteiger charge is -2.33. The first-order chi connectivity index (χ1) is 8.69. The fourth-order valence-corrected chi connectivity index (χ4v) is 4.34. The summed E-state index contributed by atoms with van der Waals surface area (Å²) >= 11 is 7.76. The molecule has 1 aromatic heterocycles. The SMILES string of the molecule is CCNC(Cc1ccc(Cl)s1)C1CCCC(C)C1. The monoisotopic (exact) mass is 285 g/mol. The lowest BCUT2D eigenvalue weighted by Crippen LogP contribution is -2.39. The summed E-state index contributed by atoms with van der Waals surface area (Å²) in [5, 5.41) is 3.69. The Labute approximate surface area is 120 Å². The molecule has 1 heterocycles. The predicted octanol–water partition coefficient (Wildman–Crippen LogP) is 4.75. The fraction of sp³-hybridized carbons (Fsp3) is 0.733. The van der Waals surface area contributed by atoms with Gasteiger partial charge in [-0.1, -0.05) is 38.3 Å².